The van der Waals surface area contributed by atoms with Crippen molar-refractivity contribution in [2.45, 2.75) is 43.5 Å². The summed E-state index contributed by atoms with van der Waals surface area (Å²) in [4.78, 5) is 0. The summed E-state index contributed by atoms with van der Waals surface area (Å²) in [5, 5.41) is 38.1. The van der Waals surface area contributed by atoms with E-state index < -0.39 is 43.4 Å². The van der Waals surface area contributed by atoms with E-state index in [9.17, 15) is 10.2 Å². The average Bonchev–Trinajstić information content (AvgIpc) is 2.95. The number of aliphatic hydroxyl groups excluding tert-OH is 4. The molecule has 6 heteroatoms. The van der Waals surface area contributed by atoms with Gasteiger partial charge in [0.05, 0.1) is 13.2 Å². The third-order valence-electron chi connectivity index (χ3n) is 3.79. The van der Waals surface area contributed by atoms with Crippen molar-refractivity contribution < 1.29 is 29.9 Å². The van der Waals surface area contributed by atoms with E-state index >= 15 is 0 Å². The summed E-state index contributed by atoms with van der Waals surface area (Å²) >= 11 is 0. The molecule has 1 heterocycles. The third-order valence-corrected chi connectivity index (χ3v) is 3.79. The Morgan fingerprint density at radius 2 is 1.48 bits per heavy atom. The van der Waals surface area contributed by atoms with Crippen LogP contribution in [0.15, 0.2) is 30.3 Å². The Kier molecular flexibility index (Phi) is 5.32. The smallest absolute Gasteiger partial charge is 0.195 e. The fraction of sp³-hybridized carbons (Fsp3) is 0.600. The van der Waals surface area contributed by atoms with Crippen molar-refractivity contribution in [2.24, 2.45) is 0 Å². The fourth-order valence-corrected chi connectivity index (χ4v) is 2.60. The van der Waals surface area contributed by atoms with Crippen LogP contribution in [-0.2, 0) is 15.3 Å². The maximum atomic E-state index is 9.90. The first kappa shape index (κ1) is 16.4. The summed E-state index contributed by atoms with van der Waals surface area (Å²) in [6.07, 6.45) is -3.78. The van der Waals surface area contributed by atoms with Gasteiger partial charge in [-0.05, 0) is 0 Å². The van der Waals surface area contributed by atoms with Crippen molar-refractivity contribution in [3.05, 3.63) is 35.9 Å². The minimum Gasteiger partial charge on any atom is -0.394 e. The summed E-state index contributed by atoms with van der Waals surface area (Å²) in [6, 6.07) is 9.21. The van der Waals surface area contributed by atoms with Gasteiger partial charge in [0.1, 0.15) is 24.4 Å². The third kappa shape index (κ3) is 3.11. The standard InChI is InChI=1S/C15H22O6/c1-2-15(10-6-4-3-5-7-10)20-13(11(18)8-16)14(21-15)12(19)9-17/h3-7,11-14,16-19H,2,8-9H2,1H3/t11-,12-,13-,14-/m1/s1. The molecule has 0 aromatic heterocycles. The molecule has 0 aliphatic carbocycles. The lowest BCUT2D eigenvalue weighted by Gasteiger charge is -2.28. The molecule has 2 rings (SSSR count). The molecule has 4 atom stereocenters. The summed E-state index contributed by atoms with van der Waals surface area (Å²) in [5.74, 6) is -1.11. The molecular formula is C15H22O6. The van der Waals surface area contributed by atoms with Crippen LogP contribution in [0.3, 0.4) is 0 Å². The minimum absolute atomic E-state index is 0.459. The number of ether oxygens (including phenoxy) is 2. The van der Waals surface area contributed by atoms with Crippen LogP contribution in [0.1, 0.15) is 18.9 Å². The topological polar surface area (TPSA) is 99.4 Å². The molecule has 1 aromatic carbocycles. The monoisotopic (exact) mass is 298 g/mol. The van der Waals surface area contributed by atoms with Gasteiger partial charge < -0.3 is 29.9 Å². The van der Waals surface area contributed by atoms with Crippen molar-refractivity contribution >= 4 is 0 Å². The molecule has 1 fully saturated rings. The van der Waals surface area contributed by atoms with Crippen molar-refractivity contribution in [3.8, 4) is 0 Å². The SMILES string of the molecule is CCC1(c2ccccc2)O[C@H]([C@H](O)CO)[C@@H]([C@H](O)CO)O1. The van der Waals surface area contributed by atoms with E-state index in [2.05, 4.69) is 0 Å². The maximum Gasteiger partial charge on any atom is 0.195 e. The van der Waals surface area contributed by atoms with E-state index in [0.717, 1.165) is 5.56 Å². The van der Waals surface area contributed by atoms with E-state index in [1.54, 1.807) is 0 Å². The van der Waals surface area contributed by atoms with E-state index in [1.165, 1.54) is 0 Å². The number of aliphatic hydroxyl groups is 4. The van der Waals surface area contributed by atoms with E-state index in [4.69, 9.17) is 19.7 Å². The van der Waals surface area contributed by atoms with Crippen LogP contribution in [0.25, 0.3) is 0 Å². The van der Waals surface area contributed by atoms with E-state index in [-0.39, 0.29) is 0 Å². The first-order valence-corrected chi connectivity index (χ1v) is 7.07. The first-order chi connectivity index (χ1) is 10.1. The van der Waals surface area contributed by atoms with Gasteiger partial charge in [-0.25, -0.2) is 0 Å². The highest BCUT2D eigenvalue weighted by Crippen LogP contribution is 2.42. The lowest BCUT2D eigenvalue weighted by molar-refractivity contribution is -0.200. The van der Waals surface area contributed by atoms with Crippen LogP contribution in [0.4, 0.5) is 0 Å². The van der Waals surface area contributed by atoms with Gasteiger partial charge in [0.15, 0.2) is 5.79 Å². The maximum absolute atomic E-state index is 9.90. The Balaban J connectivity index is 2.33. The van der Waals surface area contributed by atoms with Crippen LogP contribution in [-0.4, -0.2) is 58.1 Å². The molecule has 6 nitrogen and oxygen atoms in total. The summed E-state index contributed by atoms with van der Waals surface area (Å²) in [5.41, 5.74) is 0.760. The van der Waals surface area contributed by atoms with E-state index in [1.807, 2.05) is 37.3 Å². The number of hydrogen-bond acceptors (Lipinski definition) is 6. The van der Waals surface area contributed by atoms with Gasteiger partial charge in [-0.1, -0.05) is 37.3 Å². The lowest BCUT2D eigenvalue weighted by atomic mass is 10.0. The van der Waals surface area contributed by atoms with Crippen LogP contribution in [0.5, 0.6) is 0 Å². The van der Waals surface area contributed by atoms with Gasteiger partial charge in [-0.15, -0.1) is 0 Å². The Morgan fingerprint density at radius 1 is 1.00 bits per heavy atom. The molecule has 0 spiro atoms. The van der Waals surface area contributed by atoms with Gasteiger partial charge in [0.25, 0.3) is 0 Å². The van der Waals surface area contributed by atoms with Gasteiger partial charge >= 0.3 is 0 Å². The molecule has 118 valence electrons. The molecular weight excluding hydrogens is 276 g/mol. The number of hydrogen-bond donors (Lipinski definition) is 4. The molecule has 1 aromatic rings. The average molecular weight is 298 g/mol. The van der Waals surface area contributed by atoms with Crippen molar-refractivity contribution in [3.63, 3.8) is 0 Å². The highest BCUT2D eigenvalue weighted by Gasteiger charge is 2.52. The second-order valence-electron chi connectivity index (χ2n) is 5.14. The lowest BCUT2D eigenvalue weighted by Crippen LogP contribution is -2.45. The molecule has 21 heavy (non-hydrogen) atoms. The molecule has 4 N–H and O–H groups in total. The highest BCUT2D eigenvalue weighted by atomic mass is 16.8. The van der Waals surface area contributed by atoms with Gasteiger partial charge in [-0.3, -0.25) is 0 Å². The number of benzene rings is 1. The molecule has 0 unspecified atom stereocenters. The quantitative estimate of drug-likeness (QED) is 0.577. The van der Waals surface area contributed by atoms with Crippen LogP contribution >= 0.6 is 0 Å². The zero-order valence-corrected chi connectivity index (χ0v) is 11.9. The number of rotatable bonds is 6. The van der Waals surface area contributed by atoms with Crippen LogP contribution in [0, 0.1) is 0 Å². The summed E-state index contributed by atoms with van der Waals surface area (Å²) < 4.78 is 11.7. The molecule has 1 aliphatic heterocycles. The molecule has 0 bridgehead atoms. The molecule has 1 aliphatic rings. The molecule has 0 saturated carbocycles. The molecule has 0 amide bonds. The van der Waals surface area contributed by atoms with Gasteiger partial charge in [-0.2, -0.15) is 0 Å². The first-order valence-electron chi connectivity index (χ1n) is 7.07. The van der Waals surface area contributed by atoms with Crippen molar-refractivity contribution in [1.82, 2.24) is 0 Å². The van der Waals surface area contributed by atoms with Gasteiger partial charge in [0, 0.05) is 12.0 Å². The Hall–Kier alpha value is -1.02. The highest BCUT2D eigenvalue weighted by molar-refractivity contribution is 5.21. The van der Waals surface area contributed by atoms with E-state index in [0.29, 0.717) is 6.42 Å². The van der Waals surface area contributed by atoms with Gasteiger partial charge in [0.2, 0.25) is 0 Å². The predicted octanol–water partition coefficient (Wildman–Crippen LogP) is -0.260. The second-order valence-corrected chi connectivity index (χ2v) is 5.14. The van der Waals surface area contributed by atoms with Crippen molar-refractivity contribution in [2.75, 3.05) is 13.2 Å². The molecule has 0 radical (unpaired) electrons. The largest absolute Gasteiger partial charge is 0.394 e. The minimum atomic E-state index is -1.20. The Morgan fingerprint density at radius 3 is 1.86 bits per heavy atom. The Bertz CT molecular complexity index is 419. The summed E-state index contributed by atoms with van der Waals surface area (Å²) in [7, 11) is 0. The van der Waals surface area contributed by atoms with Crippen LogP contribution < -0.4 is 0 Å². The normalized spacial score (nSPS) is 27.5. The van der Waals surface area contributed by atoms with Crippen LogP contribution in [0.2, 0.25) is 0 Å². The Labute approximate surface area is 123 Å². The fourth-order valence-electron chi connectivity index (χ4n) is 2.60. The zero-order chi connectivity index (χ0) is 15.5. The second kappa shape index (κ2) is 6.83. The zero-order valence-electron chi connectivity index (χ0n) is 11.9. The molecule has 1 saturated heterocycles. The summed E-state index contributed by atoms with van der Waals surface area (Å²) in [6.45, 7) is 0.831. The van der Waals surface area contributed by atoms with Crippen molar-refractivity contribution in [1.29, 1.82) is 0 Å². The predicted molar refractivity (Wildman–Crippen MR) is 74.3 cm³/mol.